The van der Waals surface area contributed by atoms with E-state index in [0.717, 1.165) is 6.42 Å². The van der Waals surface area contributed by atoms with Crippen LogP contribution in [0.5, 0.6) is 5.75 Å². The summed E-state index contributed by atoms with van der Waals surface area (Å²) in [6.45, 7) is 2.25. The molecule has 0 aromatic heterocycles. The van der Waals surface area contributed by atoms with Crippen molar-refractivity contribution in [1.82, 2.24) is 0 Å². The van der Waals surface area contributed by atoms with Crippen molar-refractivity contribution in [2.45, 2.75) is 51.9 Å². The second-order valence-electron chi connectivity index (χ2n) is 4.18. The second kappa shape index (κ2) is 10.2. The summed E-state index contributed by atoms with van der Waals surface area (Å²) >= 11 is 0. The average Bonchev–Trinajstić information content (AvgIpc) is 2.26. The van der Waals surface area contributed by atoms with Crippen molar-refractivity contribution in [3.8, 4) is 5.75 Å². The molecular weight excluding hydrogens is 207 g/mol. The molecule has 0 aliphatic rings. The molecule has 0 spiro atoms. The maximum absolute atomic E-state index is 9.13. The number of hydrogen-bond acceptors (Lipinski definition) is 1. The van der Waals surface area contributed by atoms with Gasteiger partial charge in [-0.3, -0.25) is 0 Å². The van der Waals surface area contributed by atoms with Crippen LogP contribution in [0.3, 0.4) is 0 Å². The quantitative estimate of drug-likeness (QED) is 0.555. The Morgan fingerprint density at radius 2 is 1.50 bits per heavy atom. The minimum Gasteiger partial charge on any atom is -1.00 e. The largest absolute Gasteiger partial charge is 1.00 e. The molecule has 1 nitrogen and oxygen atoms in total. The smallest absolute Gasteiger partial charge is 1.00 e. The third-order valence-corrected chi connectivity index (χ3v) is 2.76. The van der Waals surface area contributed by atoms with E-state index in [4.69, 9.17) is 5.11 Å². The van der Waals surface area contributed by atoms with Gasteiger partial charge in [0, 0.05) is 0 Å². The van der Waals surface area contributed by atoms with Crippen molar-refractivity contribution >= 4 is 0 Å². The van der Waals surface area contributed by atoms with Crippen LogP contribution >= 0.6 is 0 Å². The fourth-order valence-corrected chi connectivity index (χ4v) is 1.77. The number of hydrogen-bond donors (Lipinski definition) is 1. The molecular formula is C14H23NaO. The first-order valence-electron chi connectivity index (χ1n) is 6.11. The van der Waals surface area contributed by atoms with E-state index in [1.807, 2.05) is 12.1 Å². The number of phenols is 1. The molecule has 0 aliphatic carbocycles. The molecule has 0 fully saturated rings. The SMILES string of the molecule is CCCCCCCCc1ccc(O)cc1.[H-].[Na+]. The average molecular weight is 230 g/mol. The zero-order valence-corrected chi connectivity index (χ0v) is 12.7. The third kappa shape index (κ3) is 7.32. The van der Waals surface area contributed by atoms with Gasteiger partial charge in [-0.05, 0) is 30.5 Å². The third-order valence-electron chi connectivity index (χ3n) is 2.76. The molecule has 1 aromatic carbocycles. The summed E-state index contributed by atoms with van der Waals surface area (Å²) < 4.78 is 0. The predicted molar refractivity (Wildman–Crippen MR) is 66.3 cm³/mol. The zero-order chi connectivity index (χ0) is 10.9. The molecule has 1 N–H and O–H groups in total. The van der Waals surface area contributed by atoms with Crippen LogP contribution in [-0.4, -0.2) is 5.11 Å². The van der Waals surface area contributed by atoms with Gasteiger partial charge < -0.3 is 6.53 Å². The first kappa shape index (κ1) is 16.0. The topological polar surface area (TPSA) is 20.2 Å². The molecule has 0 amide bonds. The molecule has 0 unspecified atom stereocenters. The van der Waals surface area contributed by atoms with E-state index in [0.29, 0.717) is 5.75 Å². The van der Waals surface area contributed by atoms with Crippen molar-refractivity contribution in [3.05, 3.63) is 29.8 Å². The van der Waals surface area contributed by atoms with Crippen LogP contribution < -0.4 is 29.6 Å². The van der Waals surface area contributed by atoms with Crippen LogP contribution in [0.4, 0.5) is 0 Å². The summed E-state index contributed by atoms with van der Waals surface area (Å²) in [6, 6.07) is 7.57. The Hall–Kier alpha value is 0.0200. The van der Waals surface area contributed by atoms with Crippen molar-refractivity contribution in [3.63, 3.8) is 0 Å². The summed E-state index contributed by atoms with van der Waals surface area (Å²) in [5.41, 5.74) is 1.34. The molecule has 1 rings (SSSR count). The van der Waals surface area contributed by atoms with E-state index >= 15 is 0 Å². The molecule has 0 saturated carbocycles. The molecule has 0 heterocycles. The van der Waals surface area contributed by atoms with Gasteiger partial charge in [-0.15, -0.1) is 0 Å². The Kier molecular flexibility index (Phi) is 10.2. The number of aryl methyl sites for hydroxylation is 1. The van der Waals surface area contributed by atoms with E-state index in [-0.39, 0.29) is 31.0 Å². The van der Waals surface area contributed by atoms with E-state index in [2.05, 4.69) is 6.92 Å². The van der Waals surface area contributed by atoms with Crippen LogP contribution in [-0.2, 0) is 6.42 Å². The summed E-state index contributed by atoms with van der Waals surface area (Å²) in [5, 5.41) is 9.13. The van der Waals surface area contributed by atoms with Gasteiger partial charge in [0.15, 0.2) is 0 Å². The van der Waals surface area contributed by atoms with E-state index in [9.17, 15) is 0 Å². The number of phenolic OH excluding ortho intramolecular Hbond substituents is 1. The molecule has 0 bridgehead atoms. The Labute approximate surface area is 123 Å². The van der Waals surface area contributed by atoms with Gasteiger partial charge in [-0.2, -0.15) is 0 Å². The molecule has 86 valence electrons. The molecule has 0 radical (unpaired) electrons. The van der Waals surface area contributed by atoms with E-state index in [1.165, 1.54) is 44.1 Å². The molecule has 1 aromatic rings. The van der Waals surface area contributed by atoms with Crippen LogP contribution in [0, 0.1) is 0 Å². The van der Waals surface area contributed by atoms with Crippen LogP contribution in [0.15, 0.2) is 24.3 Å². The van der Waals surface area contributed by atoms with Crippen molar-refractivity contribution < 1.29 is 36.1 Å². The van der Waals surface area contributed by atoms with Crippen molar-refractivity contribution in [2.24, 2.45) is 0 Å². The molecule has 0 aliphatic heterocycles. The number of rotatable bonds is 7. The second-order valence-corrected chi connectivity index (χ2v) is 4.18. The fourth-order valence-electron chi connectivity index (χ4n) is 1.77. The molecule has 0 saturated heterocycles. The Morgan fingerprint density at radius 1 is 0.938 bits per heavy atom. The summed E-state index contributed by atoms with van der Waals surface area (Å²) in [4.78, 5) is 0. The minimum absolute atomic E-state index is 0. The van der Waals surface area contributed by atoms with Crippen molar-refractivity contribution in [1.29, 1.82) is 0 Å². The number of aromatic hydroxyl groups is 1. The summed E-state index contributed by atoms with van der Waals surface area (Å²) in [7, 11) is 0. The number of unbranched alkanes of at least 4 members (excludes halogenated alkanes) is 5. The van der Waals surface area contributed by atoms with Crippen LogP contribution in [0.25, 0.3) is 0 Å². The van der Waals surface area contributed by atoms with Crippen molar-refractivity contribution in [2.75, 3.05) is 0 Å². The minimum atomic E-state index is 0. The van der Waals surface area contributed by atoms with Gasteiger partial charge in [-0.25, -0.2) is 0 Å². The summed E-state index contributed by atoms with van der Waals surface area (Å²) in [6.07, 6.45) is 9.19. The van der Waals surface area contributed by atoms with Gasteiger partial charge in [0.2, 0.25) is 0 Å². The van der Waals surface area contributed by atoms with Gasteiger partial charge in [0.25, 0.3) is 0 Å². The Morgan fingerprint density at radius 3 is 2.12 bits per heavy atom. The van der Waals surface area contributed by atoms with Gasteiger partial charge >= 0.3 is 29.6 Å². The van der Waals surface area contributed by atoms with Crippen LogP contribution in [0.1, 0.15) is 52.4 Å². The maximum atomic E-state index is 9.13. The number of benzene rings is 1. The molecule has 16 heavy (non-hydrogen) atoms. The van der Waals surface area contributed by atoms with E-state index < -0.39 is 0 Å². The first-order valence-corrected chi connectivity index (χ1v) is 6.11. The standard InChI is InChI=1S/C14H22O.Na.H/c1-2-3-4-5-6-7-8-13-9-11-14(15)12-10-13;;/h9-12,15H,2-8H2,1H3;;/q;+1;-1. The predicted octanol–water partition coefficient (Wildman–Crippen LogP) is 1.41. The zero-order valence-electron chi connectivity index (χ0n) is 11.7. The molecule has 2 heteroatoms. The Balaban J connectivity index is 0. The van der Waals surface area contributed by atoms with Gasteiger partial charge in [0.05, 0.1) is 0 Å². The van der Waals surface area contributed by atoms with Crippen LogP contribution in [0.2, 0.25) is 0 Å². The van der Waals surface area contributed by atoms with Gasteiger partial charge in [-0.1, -0.05) is 51.2 Å². The fraction of sp³-hybridized carbons (Fsp3) is 0.571. The monoisotopic (exact) mass is 230 g/mol. The first-order chi connectivity index (χ1) is 7.33. The Bertz CT molecular complexity index is 261. The normalized spacial score (nSPS) is 9.81. The molecule has 0 atom stereocenters. The van der Waals surface area contributed by atoms with E-state index in [1.54, 1.807) is 12.1 Å². The van der Waals surface area contributed by atoms with Gasteiger partial charge in [0.1, 0.15) is 5.75 Å². The summed E-state index contributed by atoms with van der Waals surface area (Å²) in [5.74, 6) is 0.363. The maximum Gasteiger partial charge on any atom is 1.00 e.